The molecule has 10 heteroatoms. The third-order valence-electron chi connectivity index (χ3n) is 7.44. The molecule has 2 aromatic heterocycles. The summed E-state index contributed by atoms with van der Waals surface area (Å²) >= 11 is 0. The topological polar surface area (TPSA) is 144 Å². The van der Waals surface area contributed by atoms with Gasteiger partial charge in [-0.25, -0.2) is 14.6 Å². The molecule has 1 aromatic carbocycles. The number of nitrogens with zero attached hydrogens (tertiary/aromatic N) is 3. The number of aromatic carboxylic acids is 1. The van der Waals surface area contributed by atoms with Crippen LogP contribution < -0.4 is 11.1 Å². The van der Waals surface area contributed by atoms with Gasteiger partial charge in [-0.1, -0.05) is 51.3 Å². The Kier molecular flexibility index (Phi) is 8.74. The molecule has 3 amide bonds. The number of imide groups is 1. The van der Waals surface area contributed by atoms with Crippen LogP contribution in [0.2, 0.25) is 0 Å². The molecule has 1 unspecified atom stereocenters. The number of amides is 3. The summed E-state index contributed by atoms with van der Waals surface area (Å²) in [6.45, 7) is 5.43. The third kappa shape index (κ3) is 6.33. The van der Waals surface area contributed by atoms with Crippen molar-refractivity contribution in [3.05, 3.63) is 53.4 Å². The number of carbonyl (C=O) groups excluding carboxylic acids is 2. The molecule has 0 bridgehead atoms. The predicted molar refractivity (Wildman–Crippen MR) is 147 cm³/mol. The molecule has 10 nitrogen and oxygen atoms in total. The van der Waals surface area contributed by atoms with Gasteiger partial charge in [0, 0.05) is 36.6 Å². The lowest BCUT2D eigenvalue weighted by Crippen LogP contribution is -2.54. The predicted octanol–water partition coefficient (Wildman–Crippen LogP) is 4.70. The zero-order valence-electron chi connectivity index (χ0n) is 23.1. The van der Waals surface area contributed by atoms with E-state index in [2.05, 4.69) is 10.3 Å². The van der Waals surface area contributed by atoms with Crippen LogP contribution >= 0.6 is 0 Å². The molecule has 3 aromatic rings. The van der Waals surface area contributed by atoms with Gasteiger partial charge in [-0.2, -0.15) is 0 Å². The molecule has 1 fully saturated rings. The standard InChI is InChI=1S/C29H39N5O5/c1-17(2)14-22(30)27(35)34(29(38)31-20-10-6-5-7-11-20)24(26-32-25(28(36)37)18(3)39-26)15-19-16-33(4)23-13-9-8-12-21(19)23/h8-9,12-13,16-17,20,22,24H,5-7,10-11,14-15,30H2,1-4H3,(H,31,38)(H,36,37)/t22?,24-/m1/s1. The molecule has 210 valence electrons. The molecule has 0 spiro atoms. The number of carboxylic acid groups (broad SMARTS) is 1. The number of oxazole rings is 1. The summed E-state index contributed by atoms with van der Waals surface area (Å²) < 4.78 is 7.82. The van der Waals surface area contributed by atoms with Crippen LogP contribution in [0.15, 0.2) is 34.9 Å². The smallest absolute Gasteiger partial charge is 0.358 e. The number of nitrogens with one attached hydrogen (secondary N) is 1. The number of nitrogens with two attached hydrogens (primary N) is 1. The molecule has 4 N–H and O–H groups in total. The second-order valence-corrected chi connectivity index (χ2v) is 11.0. The highest BCUT2D eigenvalue weighted by atomic mass is 16.4. The van der Waals surface area contributed by atoms with Crippen LogP contribution in [0.25, 0.3) is 10.9 Å². The second kappa shape index (κ2) is 12.0. The van der Waals surface area contributed by atoms with E-state index in [0.717, 1.165) is 53.5 Å². The van der Waals surface area contributed by atoms with Crippen molar-refractivity contribution in [3.63, 3.8) is 0 Å². The van der Waals surface area contributed by atoms with Gasteiger partial charge < -0.3 is 25.1 Å². The molecule has 2 heterocycles. The number of hydrogen-bond donors (Lipinski definition) is 3. The molecule has 0 saturated heterocycles. The number of urea groups is 1. The Bertz CT molecular complexity index is 1340. The van der Waals surface area contributed by atoms with Gasteiger partial charge in [0.15, 0.2) is 5.69 Å². The van der Waals surface area contributed by atoms with E-state index in [0.29, 0.717) is 6.42 Å². The lowest BCUT2D eigenvalue weighted by molar-refractivity contribution is -0.132. The van der Waals surface area contributed by atoms with Crippen molar-refractivity contribution in [3.8, 4) is 0 Å². The number of hydrogen-bond acceptors (Lipinski definition) is 6. The number of aromatic nitrogens is 2. The van der Waals surface area contributed by atoms with Gasteiger partial charge in [0.2, 0.25) is 11.8 Å². The van der Waals surface area contributed by atoms with Crippen LogP contribution in [-0.4, -0.2) is 49.5 Å². The number of carbonyl (C=O) groups is 3. The highest BCUT2D eigenvalue weighted by Crippen LogP contribution is 2.32. The van der Waals surface area contributed by atoms with Gasteiger partial charge in [0.25, 0.3) is 0 Å². The van der Waals surface area contributed by atoms with E-state index in [9.17, 15) is 19.5 Å². The van der Waals surface area contributed by atoms with E-state index in [4.69, 9.17) is 10.2 Å². The van der Waals surface area contributed by atoms with Crippen molar-refractivity contribution in [2.75, 3.05) is 0 Å². The number of benzene rings is 1. The quantitative estimate of drug-likeness (QED) is 0.359. The van der Waals surface area contributed by atoms with E-state index >= 15 is 0 Å². The number of fused-ring (bicyclic) bond motifs is 1. The van der Waals surface area contributed by atoms with Crippen LogP contribution in [0.1, 0.15) is 86.1 Å². The molecule has 2 atom stereocenters. The zero-order valence-corrected chi connectivity index (χ0v) is 23.1. The Morgan fingerprint density at radius 1 is 1.21 bits per heavy atom. The molecule has 0 aliphatic heterocycles. The van der Waals surface area contributed by atoms with Crippen LogP contribution in [0.3, 0.4) is 0 Å². The Balaban J connectivity index is 1.81. The van der Waals surface area contributed by atoms with E-state index in [1.54, 1.807) is 0 Å². The van der Waals surface area contributed by atoms with Crippen molar-refractivity contribution >= 4 is 28.8 Å². The van der Waals surface area contributed by atoms with Crippen molar-refractivity contribution in [2.24, 2.45) is 18.7 Å². The largest absolute Gasteiger partial charge is 0.476 e. The van der Waals surface area contributed by atoms with Gasteiger partial charge in [0.05, 0.1) is 6.04 Å². The number of para-hydroxylation sites is 1. The third-order valence-corrected chi connectivity index (χ3v) is 7.44. The summed E-state index contributed by atoms with van der Waals surface area (Å²) in [4.78, 5) is 45.0. The SMILES string of the molecule is Cc1oc([C@@H](Cc2cn(C)c3ccccc23)N(C(=O)NC2CCCCC2)C(=O)C(N)CC(C)C)nc1C(=O)O. The maximum absolute atomic E-state index is 13.9. The summed E-state index contributed by atoms with van der Waals surface area (Å²) in [5.41, 5.74) is 7.96. The van der Waals surface area contributed by atoms with Crippen molar-refractivity contribution in [2.45, 2.75) is 83.8 Å². The first-order chi connectivity index (χ1) is 18.6. The van der Waals surface area contributed by atoms with Gasteiger partial charge in [-0.3, -0.25) is 9.69 Å². The Morgan fingerprint density at radius 2 is 1.90 bits per heavy atom. The van der Waals surface area contributed by atoms with Gasteiger partial charge >= 0.3 is 12.0 Å². The van der Waals surface area contributed by atoms with E-state index < -0.39 is 30.0 Å². The van der Waals surface area contributed by atoms with Crippen molar-refractivity contribution in [1.29, 1.82) is 0 Å². The fourth-order valence-corrected chi connectivity index (χ4v) is 5.52. The average Bonchev–Trinajstić information content (AvgIpc) is 3.43. The lowest BCUT2D eigenvalue weighted by Gasteiger charge is -2.33. The molecule has 0 radical (unpaired) electrons. The van der Waals surface area contributed by atoms with Gasteiger partial charge in [0.1, 0.15) is 11.8 Å². The van der Waals surface area contributed by atoms with Gasteiger partial charge in [-0.15, -0.1) is 0 Å². The summed E-state index contributed by atoms with van der Waals surface area (Å²) in [5, 5.41) is 13.7. The zero-order chi connectivity index (χ0) is 28.3. The number of carboxylic acids is 1. The molecule has 1 saturated carbocycles. The number of rotatable bonds is 9. The Hall–Kier alpha value is -3.66. The van der Waals surface area contributed by atoms with Crippen molar-refractivity contribution < 1.29 is 23.9 Å². The molecule has 39 heavy (non-hydrogen) atoms. The van der Waals surface area contributed by atoms with Crippen LogP contribution in [-0.2, 0) is 18.3 Å². The van der Waals surface area contributed by atoms with Crippen LogP contribution in [0, 0.1) is 12.8 Å². The second-order valence-electron chi connectivity index (χ2n) is 11.0. The summed E-state index contributed by atoms with van der Waals surface area (Å²) in [5.74, 6) is -1.57. The molecule has 4 rings (SSSR count). The average molecular weight is 538 g/mol. The highest BCUT2D eigenvalue weighted by Gasteiger charge is 2.39. The fraction of sp³-hybridized carbons (Fsp3) is 0.517. The normalized spacial score (nSPS) is 15.8. The van der Waals surface area contributed by atoms with Crippen LogP contribution in [0.4, 0.5) is 4.79 Å². The molecular formula is C29H39N5O5. The summed E-state index contributed by atoms with van der Waals surface area (Å²) in [6, 6.07) is 5.29. The first kappa shape index (κ1) is 28.4. The van der Waals surface area contributed by atoms with E-state index in [1.807, 2.05) is 55.9 Å². The highest BCUT2D eigenvalue weighted by molar-refractivity contribution is 5.98. The molecule has 1 aliphatic rings. The van der Waals surface area contributed by atoms with E-state index in [1.165, 1.54) is 6.92 Å². The Morgan fingerprint density at radius 3 is 2.54 bits per heavy atom. The van der Waals surface area contributed by atoms with E-state index in [-0.39, 0.29) is 35.7 Å². The summed E-state index contributed by atoms with van der Waals surface area (Å²) in [6.07, 6.45) is 7.31. The first-order valence-electron chi connectivity index (χ1n) is 13.7. The maximum atomic E-state index is 13.9. The minimum absolute atomic E-state index is 0.0123. The van der Waals surface area contributed by atoms with Crippen LogP contribution in [0.5, 0.6) is 0 Å². The molecule has 1 aliphatic carbocycles. The first-order valence-corrected chi connectivity index (χ1v) is 13.7. The summed E-state index contributed by atoms with van der Waals surface area (Å²) in [7, 11) is 1.93. The minimum atomic E-state index is -1.24. The minimum Gasteiger partial charge on any atom is -0.476 e. The maximum Gasteiger partial charge on any atom is 0.358 e. The monoisotopic (exact) mass is 537 g/mol. The number of aryl methyl sites for hydroxylation is 2. The molecular weight excluding hydrogens is 498 g/mol. The lowest BCUT2D eigenvalue weighted by atomic mass is 9.95. The van der Waals surface area contributed by atoms with Crippen molar-refractivity contribution in [1.82, 2.24) is 19.8 Å². The Labute approximate surface area is 228 Å². The fourth-order valence-electron chi connectivity index (χ4n) is 5.52. The van der Waals surface area contributed by atoms with Gasteiger partial charge in [-0.05, 0) is 43.7 Å².